The van der Waals surface area contributed by atoms with Gasteiger partial charge in [0.05, 0.1) is 18.2 Å². The Labute approximate surface area is 154 Å². The third-order valence-electron chi connectivity index (χ3n) is 6.43. The van der Waals surface area contributed by atoms with E-state index in [4.69, 9.17) is 9.15 Å². The van der Waals surface area contributed by atoms with Crippen molar-refractivity contribution < 1.29 is 17.9 Å². The molecule has 1 aromatic heterocycles. The number of rotatable bonds is 4. The Morgan fingerprint density at radius 1 is 1.04 bits per heavy atom. The van der Waals surface area contributed by atoms with Gasteiger partial charge < -0.3 is 14.1 Å². The minimum Gasteiger partial charge on any atom is -0.465 e. The fourth-order valence-electron chi connectivity index (χ4n) is 4.60. The first kappa shape index (κ1) is 18.4. The average molecular weight is 368 g/mol. The lowest BCUT2D eigenvalue weighted by atomic mass is 9.80. The predicted molar refractivity (Wildman–Crippen MR) is 95.5 cm³/mol. The highest BCUT2D eigenvalue weighted by Crippen LogP contribution is 2.42. The summed E-state index contributed by atoms with van der Waals surface area (Å²) in [5.41, 5.74) is 1.25. The van der Waals surface area contributed by atoms with Crippen LogP contribution in [0.25, 0.3) is 0 Å². The van der Waals surface area contributed by atoms with Crippen LogP contribution in [0.3, 0.4) is 0 Å². The van der Waals surface area contributed by atoms with E-state index < -0.39 is 5.92 Å². The molecule has 0 aliphatic carbocycles. The van der Waals surface area contributed by atoms with Gasteiger partial charge in [-0.25, -0.2) is 8.78 Å². The maximum Gasteiger partial charge on any atom is 0.250 e. The molecule has 1 unspecified atom stereocenters. The van der Waals surface area contributed by atoms with Crippen molar-refractivity contribution in [3.05, 3.63) is 23.2 Å². The smallest absolute Gasteiger partial charge is 0.250 e. The van der Waals surface area contributed by atoms with Gasteiger partial charge in [-0.15, -0.1) is 0 Å². The molecule has 4 nitrogen and oxygen atoms in total. The van der Waals surface area contributed by atoms with Crippen LogP contribution in [0.1, 0.15) is 49.2 Å². The molecule has 3 fully saturated rings. The van der Waals surface area contributed by atoms with Crippen molar-refractivity contribution in [2.24, 2.45) is 0 Å². The van der Waals surface area contributed by atoms with Crippen LogP contribution in [-0.2, 0) is 11.3 Å². The summed E-state index contributed by atoms with van der Waals surface area (Å²) in [5.74, 6) is -0.407. The standard InChI is InChI=1S/C20H30F2N2O2/c1-15-11-17(25-16(15)2)13-23-7-3-19(4-8-23)12-18(26-19)14-24-9-5-20(21,22)6-10-24/h11,18H,3-10,12-14H2,1-2H3. The molecule has 1 atom stereocenters. The van der Waals surface area contributed by atoms with E-state index >= 15 is 0 Å². The molecule has 0 bridgehead atoms. The minimum absolute atomic E-state index is 0.00838. The maximum absolute atomic E-state index is 13.2. The number of furan rings is 1. The van der Waals surface area contributed by atoms with Crippen LogP contribution in [0.15, 0.2) is 10.5 Å². The van der Waals surface area contributed by atoms with Gasteiger partial charge in [0.15, 0.2) is 0 Å². The number of hydrogen-bond donors (Lipinski definition) is 0. The molecule has 3 aliphatic heterocycles. The van der Waals surface area contributed by atoms with E-state index in [9.17, 15) is 8.78 Å². The molecule has 4 heterocycles. The van der Waals surface area contributed by atoms with Gasteiger partial charge >= 0.3 is 0 Å². The summed E-state index contributed by atoms with van der Waals surface area (Å²) in [7, 11) is 0. The normalized spacial score (nSPS) is 29.0. The Morgan fingerprint density at radius 3 is 2.23 bits per heavy atom. The number of halogens is 2. The molecule has 0 aromatic carbocycles. The Morgan fingerprint density at radius 2 is 1.65 bits per heavy atom. The zero-order chi connectivity index (χ0) is 18.4. The molecule has 6 heteroatoms. The lowest BCUT2D eigenvalue weighted by molar-refractivity contribution is -0.232. The topological polar surface area (TPSA) is 28.9 Å². The summed E-state index contributed by atoms with van der Waals surface area (Å²) in [6.07, 6.45) is 3.40. The highest BCUT2D eigenvalue weighted by atomic mass is 19.3. The second-order valence-corrected chi connectivity index (χ2v) is 8.51. The van der Waals surface area contributed by atoms with Gasteiger partial charge in [-0.3, -0.25) is 4.90 Å². The molecular weight excluding hydrogens is 338 g/mol. The summed E-state index contributed by atoms with van der Waals surface area (Å²) in [5, 5.41) is 0. The molecule has 0 amide bonds. The third kappa shape index (κ3) is 3.97. The molecule has 1 aromatic rings. The Hall–Kier alpha value is -0.980. The van der Waals surface area contributed by atoms with Gasteiger partial charge in [-0.2, -0.15) is 0 Å². The van der Waals surface area contributed by atoms with E-state index in [1.165, 1.54) is 5.56 Å². The largest absolute Gasteiger partial charge is 0.465 e. The first-order chi connectivity index (χ1) is 12.3. The molecule has 3 saturated heterocycles. The number of nitrogens with zero attached hydrogens (tertiary/aromatic N) is 2. The number of alkyl halides is 2. The molecule has 3 aliphatic rings. The summed E-state index contributed by atoms with van der Waals surface area (Å²) in [6, 6.07) is 2.14. The number of piperidine rings is 2. The van der Waals surface area contributed by atoms with Crippen molar-refractivity contribution >= 4 is 0 Å². The van der Waals surface area contributed by atoms with Crippen molar-refractivity contribution in [3.63, 3.8) is 0 Å². The lowest BCUT2D eigenvalue weighted by Gasteiger charge is -2.53. The SMILES string of the molecule is Cc1cc(CN2CCC3(CC2)CC(CN2CCC(F)(F)CC2)O3)oc1C. The van der Waals surface area contributed by atoms with E-state index in [2.05, 4.69) is 22.8 Å². The Kier molecular flexibility index (Phi) is 4.86. The van der Waals surface area contributed by atoms with E-state index in [-0.39, 0.29) is 24.5 Å². The van der Waals surface area contributed by atoms with Gasteiger partial charge in [0, 0.05) is 52.0 Å². The van der Waals surface area contributed by atoms with E-state index in [1.54, 1.807) is 0 Å². The zero-order valence-electron chi connectivity index (χ0n) is 15.9. The van der Waals surface area contributed by atoms with E-state index in [0.717, 1.165) is 57.0 Å². The third-order valence-corrected chi connectivity index (χ3v) is 6.43. The summed E-state index contributed by atoms with van der Waals surface area (Å²) in [4.78, 5) is 4.58. The van der Waals surface area contributed by atoms with Crippen LogP contribution in [0.5, 0.6) is 0 Å². The van der Waals surface area contributed by atoms with Gasteiger partial charge in [0.1, 0.15) is 11.5 Å². The van der Waals surface area contributed by atoms with Crippen LogP contribution in [-0.4, -0.2) is 60.2 Å². The summed E-state index contributed by atoms with van der Waals surface area (Å²) >= 11 is 0. The quantitative estimate of drug-likeness (QED) is 0.809. The molecule has 146 valence electrons. The first-order valence-electron chi connectivity index (χ1n) is 9.89. The van der Waals surface area contributed by atoms with E-state index in [1.807, 2.05) is 6.92 Å². The lowest BCUT2D eigenvalue weighted by Crippen LogP contribution is -2.59. The first-order valence-corrected chi connectivity index (χ1v) is 9.89. The van der Waals surface area contributed by atoms with Gasteiger partial charge in [0.25, 0.3) is 5.92 Å². The number of likely N-dealkylation sites (tertiary alicyclic amines) is 2. The molecule has 4 rings (SSSR count). The van der Waals surface area contributed by atoms with Gasteiger partial charge in [0.2, 0.25) is 0 Å². The Bertz CT molecular complexity index is 600. The maximum atomic E-state index is 13.2. The fraction of sp³-hybridized carbons (Fsp3) is 0.800. The van der Waals surface area contributed by atoms with Crippen molar-refractivity contribution in [1.29, 1.82) is 0 Å². The minimum atomic E-state index is -2.46. The zero-order valence-corrected chi connectivity index (χ0v) is 15.9. The molecule has 0 saturated carbocycles. The number of aryl methyl sites for hydroxylation is 2. The summed E-state index contributed by atoms with van der Waals surface area (Å²) < 4.78 is 38.5. The second-order valence-electron chi connectivity index (χ2n) is 8.51. The van der Waals surface area contributed by atoms with Crippen molar-refractivity contribution in [2.75, 3.05) is 32.7 Å². The number of ether oxygens (including phenoxy) is 1. The monoisotopic (exact) mass is 368 g/mol. The molecule has 0 radical (unpaired) electrons. The van der Waals surface area contributed by atoms with Crippen LogP contribution >= 0.6 is 0 Å². The average Bonchev–Trinajstić information content (AvgIpc) is 2.87. The van der Waals surface area contributed by atoms with Crippen LogP contribution < -0.4 is 0 Å². The molecule has 26 heavy (non-hydrogen) atoms. The van der Waals surface area contributed by atoms with Crippen molar-refractivity contribution in [3.8, 4) is 0 Å². The summed E-state index contributed by atoms with van der Waals surface area (Å²) in [6.45, 7) is 8.83. The van der Waals surface area contributed by atoms with Crippen LogP contribution in [0, 0.1) is 13.8 Å². The predicted octanol–water partition coefficient (Wildman–Crippen LogP) is 3.75. The van der Waals surface area contributed by atoms with Gasteiger partial charge in [-0.1, -0.05) is 0 Å². The Balaban J connectivity index is 1.19. The van der Waals surface area contributed by atoms with E-state index in [0.29, 0.717) is 13.1 Å². The van der Waals surface area contributed by atoms with Crippen molar-refractivity contribution in [1.82, 2.24) is 9.80 Å². The molecule has 0 N–H and O–H groups in total. The second kappa shape index (κ2) is 6.88. The molecular formula is C20H30F2N2O2. The van der Waals surface area contributed by atoms with Crippen LogP contribution in [0.4, 0.5) is 8.78 Å². The van der Waals surface area contributed by atoms with Crippen molar-refractivity contribution in [2.45, 2.75) is 70.1 Å². The highest BCUT2D eigenvalue weighted by Gasteiger charge is 2.48. The van der Waals surface area contributed by atoms with Crippen LogP contribution in [0.2, 0.25) is 0 Å². The number of hydrogen-bond acceptors (Lipinski definition) is 4. The highest BCUT2D eigenvalue weighted by molar-refractivity contribution is 5.18. The van der Waals surface area contributed by atoms with Gasteiger partial charge in [-0.05, 0) is 38.3 Å². The fourth-order valence-corrected chi connectivity index (χ4v) is 4.60. The molecule has 1 spiro atoms.